The highest BCUT2D eigenvalue weighted by molar-refractivity contribution is 5.90. The van der Waals surface area contributed by atoms with Gasteiger partial charge in [0, 0.05) is 6.42 Å². The van der Waals surface area contributed by atoms with Gasteiger partial charge in [0.25, 0.3) is 0 Å². The SMILES string of the molecule is Cc1nc(NC(=O)CC(C)C)c(C)c(C)c1OCc1ccccc1. The van der Waals surface area contributed by atoms with Gasteiger partial charge in [0.15, 0.2) is 0 Å². The number of hydrogen-bond donors (Lipinski definition) is 1. The van der Waals surface area contributed by atoms with Crippen LogP contribution in [-0.4, -0.2) is 10.9 Å². The molecule has 0 atom stereocenters. The summed E-state index contributed by atoms with van der Waals surface area (Å²) < 4.78 is 5.98. The highest BCUT2D eigenvalue weighted by atomic mass is 16.5. The number of hydrogen-bond acceptors (Lipinski definition) is 3. The molecule has 2 aromatic rings. The molecule has 0 spiro atoms. The topological polar surface area (TPSA) is 51.2 Å². The van der Waals surface area contributed by atoms with E-state index in [1.165, 1.54) is 0 Å². The number of benzene rings is 1. The highest BCUT2D eigenvalue weighted by Gasteiger charge is 2.15. The number of aromatic nitrogens is 1. The van der Waals surface area contributed by atoms with E-state index in [1.807, 2.05) is 65.0 Å². The Kier molecular flexibility index (Phi) is 5.96. The van der Waals surface area contributed by atoms with Gasteiger partial charge < -0.3 is 10.1 Å². The normalized spacial score (nSPS) is 10.8. The molecule has 1 amide bonds. The van der Waals surface area contributed by atoms with Crippen molar-refractivity contribution in [3.63, 3.8) is 0 Å². The molecule has 0 fully saturated rings. The Bertz CT molecular complexity index is 709. The number of ether oxygens (including phenoxy) is 1. The summed E-state index contributed by atoms with van der Waals surface area (Å²) in [5, 5.41) is 2.92. The fourth-order valence-corrected chi connectivity index (χ4v) is 2.54. The largest absolute Gasteiger partial charge is 0.487 e. The van der Waals surface area contributed by atoms with E-state index < -0.39 is 0 Å². The Hall–Kier alpha value is -2.36. The molecule has 0 aliphatic heterocycles. The smallest absolute Gasteiger partial charge is 0.225 e. The number of pyridine rings is 1. The Morgan fingerprint density at radius 3 is 2.42 bits per heavy atom. The third-order valence-electron chi connectivity index (χ3n) is 3.94. The number of carbonyl (C=O) groups is 1. The molecule has 4 heteroatoms. The van der Waals surface area contributed by atoms with E-state index in [0.717, 1.165) is 28.1 Å². The summed E-state index contributed by atoms with van der Waals surface area (Å²) >= 11 is 0. The summed E-state index contributed by atoms with van der Waals surface area (Å²) in [6, 6.07) is 10.0. The summed E-state index contributed by atoms with van der Waals surface area (Å²) in [6.07, 6.45) is 0.492. The molecule has 0 aliphatic rings. The van der Waals surface area contributed by atoms with Crippen molar-refractivity contribution in [2.45, 2.75) is 47.6 Å². The minimum absolute atomic E-state index is 0.00245. The van der Waals surface area contributed by atoms with Gasteiger partial charge in [-0.15, -0.1) is 0 Å². The van der Waals surface area contributed by atoms with Crippen LogP contribution in [0.25, 0.3) is 0 Å². The van der Waals surface area contributed by atoms with Gasteiger partial charge in [-0.25, -0.2) is 4.98 Å². The first kappa shape index (κ1) is 18.0. The summed E-state index contributed by atoms with van der Waals surface area (Å²) in [4.78, 5) is 16.5. The molecule has 4 nitrogen and oxygen atoms in total. The van der Waals surface area contributed by atoms with Crippen LogP contribution >= 0.6 is 0 Å². The zero-order chi connectivity index (χ0) is 17.7. The van der Waals surface area contributed by atoms with E-state index in [4.69, 9.17) is 4.74 Å². The van der Waals surface area contributed by atoms with Crippen LogP contribution < -0.4 is 10.1 Å². The van der Waals surface area contributed by atoms with E-state index in [2.05, 4.69) is 10.3 Å². The molecule has 0 radical (unpaired) electrons. The average molecular weight is 326 g/mol. The van der Waals surface area contributed by atoms with Crippen molar-refractivity contribution in [3.8, 4) is 5.75 Å². The van der Waals surface area contributed by atoms with Crippen molar-refractivity contribution in [1.29, 1.82) is 0 Å². The molecular weight excluding hydrogens is 300 g/mol. The van der Waals surface area contributed by atoms with Crippen molar-refractivity contribution in [2.75, 3.05) is 5.32 Å². The van der Waals surface area contributed by atoms with E-state index in [9.17, 15) is 4.79 Å². The van der Waals surface area contributed by atoms with Crippen LogP contribution in [-0.2, 0) is 11.4 Å². The molecule has 0 saturated heterocycles. The first-order chi connectivity index (χ1) is 11.4. The fraction of sp³-hybridized carbons (Fsp3) is 0.400. The zero-order valence-corrected chi connectivity index (χ0v) is 15.1. The maximum atomic E-state index is 12.0. The van der Waals surface area contributed by atoms with E-state index in [-0.39, 0.29) is 5.91 Å². The third kappa shape index (κ3) is 4.57. The van der Waals surface area contributed by atoms with Crippen LogP contribution in [0.15, 0.2) is 30.3 Å². The lowest BCUT2D eigenvalue weighted by Gasteiger charge is -2.17. The quantitative estimate of drug-likeness (QED) is 0.846. The van der Waals surface area contributed by atoms with Gasteiger partial charge in [0.05, 0.1) is 5.69 Å². The fourth-order valence-electron chi connectivity index (χ4n) is 2.54. The highest BCUT2D eigenvalue weighted by Crippen LogP contribution is 2.29. The maximum absolute atomic E-state index is 12.0. The zero-order valence-electron chi connectivity index (χ0n) is 15.1. The Morgan fingerprint density at radius 1 is 1.12 bits per heavy atom. The summed E-state index contributed by atoms with van der Waals surface area (Å²) in [5.41, 5.74) is 3.86. The Morgan fingerprint density at radius 2 is 1.79 bits per heavy atom. The van der Waals surface area contributed by atoms with Gasteiger partial charge in [0.2, 0.25) is 5.91 Å². The van der Waals surface area contributed by atoms with Crippen molar-refractivity contribution in [3.05, 3.63) is 52.7 Å². The molecule has 1 aromatic heterocycles. The maximum Gasteiger partial charge on any atom is 0.225 e. The van der Waals surface area contributed by atoms with Gasteiger partial charge in [0.1, 0.15) is 18.2 Å². The first-order valence-corrected chi connectivity index (χ1v) is 8.32. The van der Waals surface area contributed by atoms with E-state index in [0.29, 0.717) is 24.8 Å². The second-order valence-corrected chi connectivity index (χ2v) is 6.55. The van der Waals surface area contributed by atoms with Crippen LogP contribution in [0.4, 0.5) is 5.82 Å². The van der Waals surface area contributed by atoms with Gasteiger partial charge in [-0.3, -0.25) is 4.79 Å². The van der Waals surface area contributed by atoms with Crippen molar-refractivity contribution < 1.29 is 9.53 Å². The van der Waals surface area contributed by atoms with Gasteiger partial charge in [-0.05, 0) is 43.4 Å². The number of rotatable bonds is 6. The molecule has 24 heavy (non-hydrogen) atoms. The number of carbonyl (C=O) groups excluding carboxylic acids is 1. The lowest BCUT2D eigenvalue weighted by molar-refractivity contribution is -0.116. The molecular formula is C20H26N2O2. The minimum Gasteiger partial charge on any atom is -0.487 e. The Labute approximate surface area is 144 Å². The predicted octanol–water partition coefficient (Wildman–Crippen LogP) is 4.57. The molecule has 0 aliphatic carbocycles. The molecule has 0 bridgehead atoms. The van der Waals surface area contributed by atoms with E-state index >= 15 is 0 Å². The molecule has 1 aromatic carbocycles. The molecule has 2 rings (SSSR count). The molecule has 0 saturated carbocycles. The number of amides is 1. The number of nitrogens with one attached hydrogen (secondary N) is 1. The van der Waals surface area contributed by atoms with Crippen LogP contribution in [0.1, 0.15) is 42.7 Å². The van der Waals surface area contributed by atoms with Crippen molar-refractivity contribution >= 4 is 11.7 Å². The minimum atomic E-state index is -0.00245. The van der Waals surface area contributed by atoms with E-state index in [1.54, 1.807) is 0 Å². The number of anilines is 1. The van der Waals surface area contributed by atoms with Crippen LogP contribution in [0.2, 0.25) is 0 Å². The van der Waals surface area contributed by atoms with Crippen molar-refractivity contribution in [2.24, 2.45) is 5.92 Å². The number of aryl methyl sites for hydroxylation is 1. The Balaban J connectivity index is 2.17. The summed E-state index contributed by atoms with van der Waals surface area (Å²) in [5.74, 6) is 1.74. The lowest BCUT2D eigenvalue weighted by Crippen LogP contribution is -2.17. The molecule has 0 unspecified atom stereocenters. The third-order valence-corrected chi connectivity index (χ3v) is 3.94. The second kappa shape index (κ2) is 7.95. The van der Waals surface area contributed by atoms with Crippen LogP contribution in [0.3, 0.4) is 0 Å². The standard InChI is InChI=1S/C20H26N2O2/c1-13(2)11-18(23)22-20-15(4)14(3)19(16(5)21-20)24-12-17-9-7-6-8-10-17/h6-10,13H,11-12H2,1-5H3,(H,21,22,23). The van der Waals surface area contributed by atoms with Crippen LogP contribution in [0, 0.1) is 26.7 Å². The van der Waals surface area contributed by atoms with Gasteiger partial charge in [-0.2, -0.15) is 0 Å². The predicted molar refractivity (Wildman–Crippen MR) is 97.3 cm³/mol. The lowest BCUT2D eigenvalue weighted by atomic mass is 10.1. The molecule has 128 valence electrons. The second-order valence-electron chi connectivity index (χ2n) is 6.55. The average Bonchev–Trinajstić information content (AvgIpc) is 2.52. The number of nitrogens with zero attached hydrogens (tertiary/aromatic N) is 1. The monoisotopic (exact) mass is 326 g/mol. The summed E-state index contributed by atoms with van der Waals surface area (Å²) in [7, 11) is 0. The molecule has 1 N–H and O–H groups in total. The summed E-state index contributed by atoms with van der Waals surface area (Å²) in [6.45, 7) is 10.4. The van der Waals surface area contributed by atoms with Crippen molar-refractivity contribution in [1.82, 2.24) is 4.98 Å². The van der Waals surface area contributed by atoms with Crippen LogP contribution in [0.5, 0.6) is 5.75 Å². The first-order valence-electron chi connectivity index (χ1n) is 8.32. The van der Waals surface area contributed by atoms with Gasteiger partial charge in [-0.1, -0.05) is 44.2 Å². The molecule has 1 heterocycles. The van der Waals surface area contributed by atoms with Gasteiger partial charge >= 0.3 is 0 Å².